The van der Waals surface area contributed by atoms with Gasteiger partial charge in [0, 0.05) is 36.7 Å². The van der Waals surface area contributed by atoms with Gasteiger partial charge in [0.05, 0.1) is 19.1 Å². The van der Waals surface area contributed by atoms with Gasteiger partial charge in [-0.25, -0.2) is 8.42 Å². The molecule has 1 aromatic heterocycles. The molecule has 0 atom stereocenters. The number of benzene rings is 2. The zero-order chi connectivity index (χ0) is 22.4. The van der Waals surface area contributed by atoms with Crippen molar-refractivity contribution in [2.75, 3.05) is 19.5 Å². The summed E-state index contributed by atoms with van der Waals surface area (Å²) in [6.07, 6.45) is 0.246. The van der Waals surface area contributed by atoms with Crippen LogP contribution >= 0.6 is 0 Å². The molecule has 10 heteroatoms. The molecular weight excluding hydrogens is 422 g/mol. The summed E-state index contributed by atoms with van der Waals surface area (Å²) in [5, 5.41) is 6.47. The molecule has 1 heterocycles. The number of methoxy groups -OCH3 is 2. The maximum Gasteiger partial charge on any atom is 0.227 e. The summed E-state index contributed by atoms with van der Waals surface area (Å²) in [5.74, 6) is 0.676. The van der Waals surface area contributed by atoms with Crippen molar-refractivity contribution in [2.24, 2.45) is 0 Å². The number of hydrogen-bond acceptors (Lipinski definition) is 8. The lowest BCUT2D eigenvalue weighted by molar-refractivity contribution is -0.116. The van der Waals surface area contributed by atoms with Crippen LogP contribution < -0.4 is 14.8 Å². The van der Waals surface area contributed by atoms with E-state index in [1.165, 1.54) is 14.2 Å². The summed E-state index contributed by atoms with van der Waals surface area (Å²) in [5.41, 5.74) is 1.49. The van der Waals surface area contributed by atoms with Gasteiger partial charge < -0.3 is 19.3 Å². The standard InChI is InChI=1S/C21H23N3O6S/c1-14-4-6-18(7-5-14)31(26,27)13-19-23-21(30-24-19)9-8-20(25)22-15-10-16(28-2)12-17(11-15)29-3/h4-7,10-12H,8-9,13H2,1-3H3,(H,22,25). The molecule has 0 aliphatic carbocycles. The summed E-state index contributed by atoms with van der Waals surface area (Å²) in [7, 11) is -0.549. The second kappa shape index (κ2) is 9.61. The number of nitrogens with zero attached hydrogens (tertiary/aromatic N) is 2. The molecule has 0 radical (unpaired) electrons. The maximum absolute atomic E-state index is 12.5. The van der Waals surface area contributed by atoms with Crippen molar-refractivity contribution in [3.8, 4) is 11.5 Å². The molecule has 0 aliphatic heterocycles. The third-order valence-electron chi connectivity index (χ3n) is 4.41. The predicted octanol–water partition coefficient (Wildman–Crippen LogP) is 2.94. The highest BCUT2D eigenvalue weighted by atomic mass is 32.2. The van der Waals surface area contributed by atoms with Crippen molar-refractivity contribution in [3.63, 3.8) is 0 Å². The predicted molar refractivity (Wildman–Crippen MR) is 113 cm³/mol. The highest BCUT2D eigenvalue weighted by molar-refractivity contribution is 7.90. The molecule has 0 saturated carbocycles. The van der Waals surface area contributed by atoms with Gasteiger partial charge in [0.1, 0.15) is 17.3 Å². The third kappa shape index (κ3) is 6.05. The van der Waals surface area contributed by atoms with E-state index in [2.05, 4.69) is 15.5 Å². The summed E-state index contributed by atoms with van der Waals surface area (Å²) in [6, 6.07) is 11.6. The fourth-order valence-electron chi connectivity index (χ4n) is 2.77. The summed E-state index contributed by atoms with van der Waals surface area (Å²) in [6.45, 7) is 1.88. The Labute approximate surface area is 180 Å². The number of amides is 1. The molecule has 9 nitrogen and oxygen atoms in total. The van der Waals surface area contributed by atoms with Crippen LogP contribution in [-0.4, -0.2) is 38.7 Å². The first kappa shape index (κ1) is 22.3. The SMILES string of the molecule is COc1cc(NC(=O)CCc2nc(CS(=O)(=O)c3ccc(C)cc3)no2)cc(OC)c1. The van der Waals surface area contributed by atoms with Gasteiger partial charge in [0.25, 0.3) is 0 Å². The van der Waals surface area contributed by atoms with Crippen molar-refractivity contribution < 1.29 is 27.2 Å². The first-order chi connectivity index (χ1) is 14.8. The smallest absolute Gasteiger partial charge is 0.227 e. The Kier molecular flexibility index (Phi) is 6.91. The molecular formula is C21H23N3O6S. The summed E-state index contributed by atoms with van der Waals surface area (Å²) in [4.78, 5) is 16.5. The number of aromatic nitrogens is 2. The van der Waals surface area contributed by atoms with E-state index in [9.17, 15) is 13.2 Å². The van der Waals surface area contributed by atoms with Crippen LogP contribution in [0.3, 0.4) is 0 Å². The van der Waals surface area contributed by atoms with Crippen LogP contribution in [0.15, 0.2) is 51.9 Å². The monoisotopic (exact) mass is 445 g/mol. The van der Waals surface area contributed by atoms with E-state index in [0.29, 0.717) is 17.2 Å². The van der Waals surface area contributed by atoms with Crippen LogP contribution in [0.1, 0.15) is 23.7 Å². The highest BCUT2D eigenvalue weighted by Gasteiger charge is 2.19. The van der Waals surface area contributed by atoms with Gasteiger partial charge in [-0.1, -0.05) is 22.9 Å². The van der Waals surface area contributed by atoms with Crippen LogP contribution in [0, 0.1) is 6.92 Å². The summed E-state index contributed by atoms with van der Waals surface area (Å²) < 4.78 is 40.4. The lowest BCUT2D eigenvalue weighted by Gasteiger charge is -2.09. The third-order valence-corrected chi connectivity index (χ3v) is 6.04. The number of ether oxygens (including phenoxy) is 2. The van der Waals surface area contributed by atoms with Crippen LogP contribution in [0.5, 0.6) is 11.5 Å². The van der Waals surface area contributed by atoms with Crippen molar-refractivity contribution in [3.05, 3.63) is 59.7 Å². The second-order valence-electron chi connectivity index (χ2n) is 6.83. The number of carbonyl (C=O) groups excluding carboxylic acids is 1. The maximum atomic E-state index is 12.5. The van der Waals surface area contributed by atoms with Crippen LogP contribution in [0.2, 0.25) is 0 Å². The molecule has 1 N–H and O–H groups in total. The Balaban J connectivity index is 1.57. The average molecular weight is 445 g/mol. The molecule has 0 fully saturated rings. The Morgan fingerprint density at radius 3 is 2.32 bits per heavy atom. The van der Waals surface area contributed by atoms with E-state index in [1.807, 2.05) is 6.92 Å². The minimum absolute atomic E-state index is 0.0496. The van der Waals surface area contributed by atoms with Gasteiger partial charge in [0.2, 0.25) is 11.8 Å². The van der Waals surface area contributed by atoms with Gasteiger partial charge >= 0.3 is 0 Å². The van der Waals surface area contributed by atoms with Gasteiger partial charge in [0.15, 0.2) is 15.7 Å². The molecule has 31 heavy (non-hydrogen) atoms. The van der Waals surface area contributed by atoms with E-state index in [1.54, 1.807) is 42.5 Å². The van der Waals surface area contributed by atoms with E-state index >= 15 is 0 Å². The minimum Gasteiger partial charge on any atom is -0.497 e. The molecule has 1 amide bonds. The summed E-state index contributed by atoms with van der Waals surface area (Å²) >= 11 is 0. The van der Waals surface area contributed by atoms with E-state index in [0.717, 1.165) is 5.56 Å². The number of nitrogens with one attached hydrogen (secondary N) is 1. The number of sulfone groups is 1. The topological polar surface area (TPSA) is 121 Å². The molecule has 3 rings (SSSR count). The van der Waals surface area contributed by atoms with Gasteiger partial charge in [-0.15, -0.1) is 0 Å². The lowest BCUT2D eigenvalue weighted by atomic mass is 10.2. The quantitative estimate of drug-likeness (QED) is 0.534. The largest absolute Gasteiger partial charge is 0.497 e. The van der Waals surface area contributed by atoms with Gasteiger partial charge in [-0.05, 0) is 19.1 Å². The van der Waals surface area contributed by atoms with Crippen molar-refractivity contribution in [2.45, 2.75) is 30.4 Å². The van der Waals surface area contributed by atoms with Crippen molar-refractivity contribution in [1.82, 2.24) is 10.1 Å². The molecule has 164 valence electrons. The van der Waals surface area contributed by atoms with E-state index in [4.69, 9.17) is 14.0 Å². The number of rotatable bonds is 9. The normalized spacial score (nSPS) is 11.2. The number of hydrogen-bond donors (Lipinski definition) is 1. The van der Waals surface area contributed by atoms with Gasteiger partial charge in [-0.3, -0.25) is 4.79 Å². The van der Waals surface area contributed by atoms with Gasteiger partial charge in [-0.2, -0.15) is 4.98 Å². The Morgan fingerprint density at radius 1 is 1.06 bits per heavy atom. The lowest BCUT2D eigenvalue weighted by Crippen LogP contribution is -2.12. The fraction of sp³-hybridized carbons (Fsp3) is 0.286. The number of aryl methyl sites for hydroxylation is 2. The zero-order valence-corrected chi connectivity index (χ0v) is 18.2. The number of carbonyl (C=O) groups is 1. The van der Waals surface area contributed by atoms with Crippen molar-refractivity contribution >= 4 is 21.4 Å². The molecule has 0 spiro atoms. The zero-order valence-electron chi connectivity index (χ0n) is 17.4. The van der Waals surface area contributed by atoms with Crippen LogP contribution in [0.25, 0.3) is 0 Å². The molecule has 3 aromatic rings. The molecule has 0 bridgehead atoms. The Hall–Kier alpha value is -3.40. The highest BCUT2D eigenvalue weighted by Crippen LogP contribution is 2.26. The minimum atomic E-state index is -3.59. The first-order valence-corrected chi connectivity index (χ1v) is 11.1. The second-order valence-corrected chi connectivity index (χ2v) is 8.82. The van der Waals surface area contributed by atoms with E-state index < -0.39 is 9.84 Å². The Bertz CT molecular complexity index is 1130. The molecule has 0 saturated heterocycles. The van der Waals surface area contributed by atoms with Crippen molar-refractivity contribution in [1.29, 1.82) is 0 Å². The van der Waals surface area contributed by atoms with Crippen LogP contribution in [0.4, 0.5) is 5.69 Å². The average Bonchev–Trinajstić information content (AvgIpc) is 3.18. The van der Waals surface area contributed by atoms with Crippen LogP contribution in [-0.2, 0) is 26.8 Å². The number of anilines is 1. The molecule has 2 aromatic carbocycles. The Morgan fingerprint density at radius 2 is 1.71 bits per heavy atom. The molecule has 0 unspecified atom stereocenters. The first-order valence-electron chi connectivity index (χ1n) is 9.43. The molecule has 0 aliphatic rings. The van der Waals surface area contributed by atoms with E-state index in [-0.39, 0.29) is 41.1 Å². The fourth-order valence-corrected chi connectivity index (χ4v) is 3.95.